The number of ether oxygens (including phenoxy) is 1. The number of hydrogen-bond acceptors (Lipinski definition) is 6. The van der Waals surface area contributed by atoms with Crippen LogP contribution in [0.1, 0.15) is 6.92 Å². The van der Waals surface area contributed by atoms with Gasteiger partial charge in [0.25, 0.3) is 0 Å². The van der Waals surface area contributed by atoms with E-state index in [1.807, 2.05) is 0 Å². The number of aromatic hydroxyl groups is 2. The highest BCUT2D eigenvalue weighted by Crippen LogP contribution is 2.34. The largest absolute Gasteiger partial charge is 0.494 e. The number of rotatable bonds is 3. The fourth-order valence-electron chi connectivity index (χ4n) is 2.31. The smallest absolute Gasteiger partial charge is 0.415 e. The molecule has 0 aliphatic carbocycles. The fourth-order valence-corrected chi connectivity index (χ4v) is 2.31. The van der Waals surface area contributed by atoms with E-state index in [2.05, 4.69) is 4.98 Å². The molecule has 2 N–H and O–H groups in total. The van der Waals surface area contributed by atoms with Crippen LogP contribution < -0.4 is 4.74 Å². The molecule has 3 heterocycles. The number of aromatic nitrogens is 3. The minimum absolute atomic E-state index is 0.0807. The standard InChI is InChI=1S/C11H12N4O5/c1-11(6-14-8(16)2-3-9(14)17)5-13-4-7(15(18)19)12-10(13)20-11/h2-4,16-17H,5-6H2,1H3. The highest BCUT2D eigenvalue weighted by Gasteiger charge is 2.41. The summed E-state index contributed by atoms with van der Waals surface area (Å²) in [5, 5.41) is 29.9. The lowest BCUT2D eigenvalue weighted by atomic mass is 10.1. The molecule has 0 saturated heterocycles. The van der Waals surface area contributed by atoms with E-state index in [0.29, 0.717) is 6.54 Å². The Labute approximate surface area is 112 Å². The molecule has 3 rings (SSSR count). The van der Waals surface area contributed by atoms with Gasteiger partial charge in [-0.2, -0.15) is 0 Å². The zero-order valence-corrected chi connectivity index (χ0v) is 10.6. The van der Waals surface area contributed by atoms with Crippen LogP contribution in [0.15, 0.2) is 18.3 Å². The van der Waals surface area contributed by atoms with Crippen molar-refractivity contribution in [3.63, 3.8) is 0 Å². The molecule has 9 heteroatoms. The summed E-state index contributed by atoms with van der Waals surface area (Å²) in [7, 11) is 0. The second-order valence-corrected chi connectivity index (χ2v) is 4.95. The third kappa shape index (κ3) is 1.83. The zero-order chi connectivity index (χ0) is 14.5. The van der Waals surface area contributed by atoms with Crippen molar-refractivity contribution in [1.29, 1.82) is 0 Å². The molecule has 106 valence electrons. The Morgan fingerprint density at radius 1 is 1.50 bits per heavy atom. The molecule has 9 nitrogen and oxygen atoms in total. The molecule has 20 heavy (non-hydrogen) atoms. The van der Waals surface area contributed by atoms with Crippen molar-refractivity contribution < 1.29 is 19.9 Å². The van der Waals surface area contributed by atoms with Crippen LogP contribution in [-0.2, 0) is 13.1 Å². The normalized spacial score (nSPS) is 20.6. The molecule has 0 saturated carbocycles. The van der Waals surface area contributed by atoms with Crippen molar-refractivity contribution >= 4 is 5.82 Å². The van der Waals surface area contributed by atoms with Gasteiger partial charge < -0.3 is 25.1 Å². The van der Waals surface area contributed by atoms with Gasteiger partial charge in [0.15, 0.2) is 11.8 Å². The quantitative estimate of drug-likeness (QED) is 0.636. The Morgan fingerprint density at radius 2 is 2.15 bits per heavy atom. The van der Waals surface area contributed by atoms with Gasteiger partial charge in [0.05, 0.1) is 13.1 Å². The van der Waals surface area contributed by atoms with Crippen molar-refractivity contribution in [3.8, 4) is 17.8 Å². The molecule has 1 aliphatic heterocycles. The monoisotopic (exact) mass is 280 g/mol. The molecule has 0 bridgehead atoms. The van der Waals surface area contributed by atoms with E-state index in [1.54, 1.807) is 6.92 Å². The van der Waals surface area contributed by atoms with Crippen molar-refractivity contribution in [2.75, 3.05) is 0 Å². The maximum absolute atomic E-state index is 10.6. The Hall–Kier alpha value is -2.71. The maximum atomic E-state index is 10.6. The van der Waals surface area contributed by atoms with E-state index < -0.39 is 10.5 Å². The summed E-state index contributed by atoms with van der Waals surface area (Å²) < 4.78 is 8.44. The van der Waals surface area contributed by atoms with E-state index >= 15 is 0 Å². The van der Waals surface area contributed by atoms with Gasteiger partial charge in [-0.1, -0.05) is 0 Å². The predicted molar refractivity (Wildman–Crippen MR) is 65.7 cm³/mol. The number of fused-ring (bicyclic) bond motifs is 1. The van der Waals surface area contributed by atoms with Crippen LogP contribution in [0, 0.1) is 10.1 Å². The predicted octanol–water partition coefficient (Wildman–Crippen LogP) is 0.855. The van der Waals surface area contributed by atoms with Gasteiger partial charge in [-0.15, -0.1) is 0 Å². The molecule has 0 fully saturated rings. The Balaban J connectivity index is 1.83. The minimum atomic E-state index is -0.758. The lowest BCUT2D eigenvalue weighted by Crippen LogP contribution is -2.36. The van der Waals surface area contributed by atoms with Gasteiger partial charge in [-0.05, 0) is 11.8 Å². The molecular formula is C11H12N4O5. The summed E-state index contributed by atoms with van der Waals surface area (Å²) in [6.45, 7) is 2.29. The molecule has 0 radical (unpaired) electrons. The Morgan fingerprint density at radius 3 is 2.70 bits per heavy atom. The van der Waals surface area contributed by atoms with Gasteiger partial charge in [-0.25, -0.2) is 0 Å². The molecule has 1 aliphatic rings. The van der Waals surface area contributed by atoms with Crippen molar-refractivity contribution in [1.82, 2.24) is 14.1 Å². The van der Waals surface area contributed by atoms with Gasteiger partial charge in [0.2, 0.25) is 0 Å². The molecule has 0 aromatic carbocycles. The first-order valence-corrected chi connectivity index (χ1v) is 5.86. The van der Waals surface area contributed by atoms with Crippen molar-refractivity contribution in [3.05, 3.63) is 28.4 Å². The fraction of sp³-hybridized carbons (Fsp3) is 0.364. The summed E-state index contributed by atoms with van der Waals surface area (Å²) >= 11 is 0. The van der Waals surface area contributed by atoms with Crippen LogP contribution in [0.5, 0.6) is 17.8 Å². The van der Waals surface area contributed by atoms with E-state index in [-0.39, 0.29) is 30.1 Å². The zero-order valence-electron chi connectivity index (χ0n) is 10.6. The maximum Gasteiger partial charge on any atom is 0.415 e. The first-order chi connectivity index (χ1) is 9.38. The van der Waals surface area contributed by atoms with Crippen LogP contribution >= 0.6 is 0 Å². The van der Waals surface area contributed by atoms with E-state index in [1.165, 1.54) is 27.5 Å². The highest BCUT2D eigenvalue weighted by atomic mass is 16.6. The van der Waals surface area contributed by atoms with Gasteiger partial charge in [0, 0.05) is 17.1 Å². The summed E-state index contributed by atoms with van der Waals surface area (Å²) in [5.74, 6) is -0.431. The number of hydrogen-bond donors (Lipinski definition) is 2. The first kappa shape index (κ1) is 12.3. The third-order valence-electron chi connectivity index (χ3n) is 3.18. The molecule has 2 aromatic rings. The highest BCUT2D eigenvalue weighted by molar-refractivity contribution is 5.26. The second-order valence-electron chi connectivity index (χ2n) is 4.95. The molecule has 1 unspecified atom stereocenters. The third-order valence-corrected chi connectivity index (χ3v) is 3.18. The average Bonchev–Trinajstić information content (AvgIpc) is 2.96. The van der Waals surface area contributed by atoms with Crippen LogP contribution in [-0.4, -0.2) is 34.9 Å². The number of nitro groups is 1. The summed E-state index contributed by atoms with van der Waals surface area (Å²) in [5.41, 5.74) is -0.758. The Kier molecular flexibility index (Phi) is 2.40. The topological polar surface area (TPSA) is 116 Å². The lowest BCUT2D eigenvalue weighted by molar-refractivity contribution is -0.389. The lowest BCUT2D eigenvalue weighted by Gasteiger charge is -2.23. The van der Waals surface area contributed by atoms with Gasteiger partial charge in [0.1, 0.15) is 11.8 Å². The SMILES string of the molecule is CC1(Cn2c(O)ccc2O)Cn2cc([N+](=O)[O-])nc2O1. The average molecular weight is 280 g/mol. The molecule has 0 spiro atoms. The Bertz CT molecular complexity index is 646. The van der Waals surface area contributed by atoms with Crippen molar-refractivity contribution in [2.24, 2.45) is 0 Å². The van der Waals surface area contributed by atoms with E-state index in [0.717, 1.165) is 0 Å². The number of imidazole rings is 1. The molecule has 1 atom stereocenters. The van der Waals surface area contributed by atoms with Crippen LogP contribution in [0.4, 0.5) is 5.82 Å². The van der Waals surface area contributed by atoms with Gasteiger partial charge >= 0.3 is 11.8 Å². The van der Waals surface area contributed by atoms with Crippen LogP contribution in [0.3, 0.4) is 0 Å². The van der Waals surface area contributed by atoms with E-state index in [4.69, 9.17) is 4.74 Å². The van der Waals surface area contributed by atoms with Gasteiger partial charge in [-0.3, -0.25) is 9.13 Å². The van der Waals surface area contributed by atoms with Crippen LogP contribution in [0.2, 0.25) is 0 Å². The summed E-state index contributed by atoms with van der Waals surface area (Å²) in [4.78, 5) is 13.8. The summed E-state index contributed by atoms with van der Waals surface area (Å²) in [6, 6.07) is 2.90. The summed E-state index contributed by atoms with van der Waals surface area (Å²) in [6.07, 6.45) is 1.30. The molecular weight excluding hydrogens is 268 g/mol. The molecule has 0 amide bonds. The van der Waals surface area contributed by atoms with Crippen molar-refractivity contribution in [2.45, 2.75) is 25.6 Å². The first-order valence-electron chi connectivity index (χ1n) is 5.86. The molecule has 2 aromatic heterocycles. The minimum Gasteiger partial charge on any atom is -0.494 e. The van der Waals surface area contributed by atoms with E-state index in [9.17, 15) is 20.3 Å². The van der Waals surface area contributed by atoms with Crippen LogP contribution in [0.25, 0.3) is 0 Å². The number of nitrogens with zero attached hydrogens (tertiary/aromatic N) is 4. The second kappa shape index (κ2) is 3.89.